The molecule has 0 saturated carbocycles. The fourth-order valence-electron chi connectivity index (χ4n) is 3.19. The number of carbonyl (C=O) groups excluding carboxylic acids is 1. The van der Waals surface area contributed by atoms with E-state index in [1.807, 2.05) is 50.2 Å². The summed E-state index contributed by atoms with van der Waals surface area (Å²) in [6.45, 7) is 3.59. The maximum Gasteiger partial charge on any atom is 0.263 e. The van der Waals surface area contributed by atoms with Gasteiger partial charge in [0, 0.05) is 10.4 Å². The maximum atomic E-state index is 12.5. The largest absolute Gasteiger partial charge is 0.484 e. The molecule has 0 aliphatic rings. The van der Waals surface area contributed by atoms with Gasteiger partial charge in [-0.1, -0.05) is 29.8 Å². The molecule has 0 aliphatic heterocycles. The van der Waals surface area contributed by atoms with Crippen LogP contribution in [0.25, 0.3) is 16.7 Å². The van der Waals surface area contributed by atoms with E-state index < -0.39 is 5.91 Å². The van der Waals surface area contributed by atoms with E-state index in [-0.39, 0.29) is 18.0 Å². The minimum atomic E-state index is -0.427. The monoisotopic (exact) mass is 431 g/mol. The van der Waals surface area contributed by atoms with Crippen molar-refractivity contribution in [1.82, 2.24) is 14.8 Å². The Bertz CT molecular complexity index is 1340. The second-order valence-electron chi connectivity index (χ2n) is 6.99. The van der Waals surface area contributed by atoms with Crippen molar-refractivity contribution < 1.29 is 9.53 Å². The number of pyridine rings is 1. The molecule has 2 heterocycles. The van der Waals surface area contributed by atoms with Crippen LogP contribution in [0.1, 0.15) is 16.7 Å². The number of para-hydroxylation sites is 1. The van der Waals surface area contributed by atoms with Crippen molar-refractivity contribution in [2.75, 3.05) is 11.9 Å². The van der Waals surface area contributed by atoms with E-state index >= 15 is 0 Å². The number of benzene rings is 2. The fraction of sp³-hybridized carbons (Fsp3) is 0.130. The van der Waals surface area contributed by atoms with Crippen LogP contribution < -0.4 is 10.1 Å². The number of fused-ring (bicyclic) bond motifs is 1. The van der Waals surface area contributed by atoms with Gasteiger partial charge >= 0.3 is 0 Å². The zero-order valence-corrected chi connectivity index (χ0v) is 17.6. The van der Waals surface area contributed by atoms with Crippen molar-refractivity contribution in [3.05, 3.63) is 76.4 Å². The lowest BCUT2D eigenvalue weighted by Crippen LogP contribution is -2.22. The van der Waals surface area contributed by atoms with Gasteiger partial charge in [-0.05, 0) is 55.3 Å². The predicted octanol–water partition coefficient (Wildman–Crippen LogP) is 4.58. The van der Waals surface area contributed by atoms with Gasteiger partial charge in [0.1, 0.15) is 17.4 Å². The number of nitriles is 1. The summed E-state index contributed by atoms with van der Waals surface area (Å²) in [5.41, 5.74) is 2.88. The van der Waals surface area contributed by atoms with Gasteiger partial charge in [0.2, 0.25) is 0 Å². The first-order chi connectivity index (χ1) is 15.0. The van der Waals surface area contributed by atoms with E-state index in [9.17, 15) is 10.1 Å². The Morgan fingerprint density at radius 1 is 1.19 bits per heavy atom. The molecule has 4 aromatic rings. The first kappa shape index (κ1) is 20.4. The number of nitrogens with zero attached hydrogens (tertiary/aromatic N) is 4. The standard InChI is InChI=1S/C23H18ClN5O2/c1-14-10-21(27-20-6-4-3-5-18(14)20)29-23(16(11-25)12-26-29)28-22(30)13-31-17-7-8-19(24)15(2)9-17/h3-10,12H,13H2,1-2H3,(H,28,30). The molecule has 31 heavy (non-hydrogen) atoms. The molecule has 7 nitrogen and oxygen atoms in total. The Hall–Kier alpha value is -3.89. The SMILES string of the molecule is Cc1cc(OCC(=O)Nc2c(C#N)cnn2-c2cc(C)c3ccccc3n2)ccc1Cl. The lowest BCUT2D eigenvalue weighted by molar-refractivity contribution is -0.118. The Morgan fingerprint density at radius 2 is 2.00 bits per heavy atom. The molecule has 0 spiro atoms. The van der Waals surface area contributed by atoms with Crippen molar-refractivity contribution in [3.63, 3.8) is 0 Å². The first-order valence-corrected chi connectivity index (χ1v) is 9.88. The molecule has 0 radical (unpaired) electrons. The summed E-state index contributed by atoms with van der Waals surface area (Å²) in [6.07, 6.45) is 1.39. The number of hydrogen-bond donors (Lipinski definition) is 1. The highest BCUT2D eigenvalue weighted by atomic mass is 35.5. The average Bonchev–Trinajstić information content (AvgIpc) is 3.17. The Kier molecular flexibility index (Phi) is 5.56. The molecule has 0 bridgehead atoms. The summed E-state index contributed by atoms with van der Waals surface area (Å²) in [4.78, 5) is 17.2. The van der Waals surface area contributed by atoms with Crippen LogP contribution in [0.2, 0.25) is 5.02 Å². The van der Waals surface area contributed by atoms with Gasteiger partial charge in [-0.25, -0.2) is 4.98 Å². The van der Waals surface area contributed by atoms with Crippen molar-refractivity contribution in [2.45, 2.75) is 13.8 Å². The van der Waals surface area contributed by atoms with Crippen LogP contribution in [0.3, 0.4) is 0 Å². The summed E-state index contributed by atoms with van der Waals surface area (Å²) < 4.78 is 7.00. The number of aromatic nitrogens is 3. The number of aryl methyl sites for hydroxylation is 2. The van der Waals surface area contributed by atoms with Crippen LogP contribution in [0.5, 0.6) is 5.75 Å². The van der Waals surface area contributed by atoms with Crippen molar-refractivity contribution in [1.29, 1.82) is 5.26 Å². The summed E-state index contributed by atoms with van der Waals surface area (Å²) in [6, 6.07) is 16.8. The van der Waals surface area contributed by atoms with E-state index in [1.54, 1.807) is 18.2 Å². The van der Waals surface area contributed by atoms with Gasteiger partial charge in [0.05, 0.1) is 11.7 Å². The molecule has 0 fully saturated rings. The Balaban J connectivity index is 1.59. The van der Waals surface area contributed by atoms with Gasteiger partial charge < -0.3 is 10.1 Å². The minimum Gasteiger partial charge on any atom is -0.484 e. The van der Waals surface area contributed by atoms with Crippen molar-refractivity contribution in [3.8, 4) is 17.6 Å². The lowest BCUT2D eigenvalue weighted by atomic mass is 10.1. The molecule has 8 heteroatoms. The van der Waals surface area contributed by atoms with Crippen LogP contribution in [0.15, 0.2) is 54.7 Å². The average molecular weight is 432 g/mol. The number of halogens is 1. The predicted molar refractivity (Wildman–Crippen MR) is 119 cm³/mol. The number of nitrogens with one attached hydrogen (secondary N) is 1. The molecule has 4 rings (SSSR count). The van der Waals surface area contributed by atoms with Crippen molar-refractivity contribution in [2.24, 2.45) is 0 Å². The zero-order valence-electron chi connectivity index (χ0n) is 16.9. The minimum absolute atomic E-state index is 0.225. The van der Waals surface area contributed by atoms with Crippen LogP contribution in [0, 0.1) is 25.2 Å². The number of rotatable bonds is 5. The number of anilines is 1. The normalized spacial score (nSPS) is 10.6. The number of hydrogen-bond acceptors (Lipinski definition) is 5. The van der Waals surface area contributed by atoms with E-state index in [2.05, 4.69) is 15.4 Å². The highest BCUT2D eigenvalue weighted by Gasteiger charge is 2.17. The highest BCUT2D eigenvalue weighted by Crippen LogP contribution is 2.24. The number of carbonyl (C=O) groups is 1. The highest BCUT2D eigenvalue weighted by molar-refractivity contribution is 6.31. The lowest BCUT2D eigenvalue weighted by Gasteiger charge is -2.12. The molecule has 1 N–H and O–H groups in total. The second kappa shape index (κ2) is 8.46. The van der Waals surface area contributed by atoms with Crippen molar-refractivity contribution >= 4 is 34.2 Å². The molecule has 154 valence electrons. The summed E-state index contributed by atoms with van der Waals surface area (Å²) in [5, 5.41) is 18.1. The Morgan fingerprint density at radius 3 is 2.77 bits per heavy atom. The number of ether oxygens (including phenoxy) is 1. The summed E-state index contributed by atoms with van der Waals surface area (Å²) in [7, 11) is 0. The van der Waals surface area contributed by atoms with Gasteiger partial charge in [-0.3, -0.25) is 4.79 Å². The smallest absolute Gasteiger partial charge is 0.263 e. The van der Waals surface area contributed by atoms with Crippen LogP contribution in [0.4, 0.5) is 5.82 Å². The van der Waals surface area contributed by atoms with Gasteiger partial charge in [0.15, 0.2) is 18.2 Å². The van der Waals surface area contributed by atoms with Crippen LogP contribution >= 0.6 is 11.6 Å². The van der Waals surface area contributed by atoms with E-state index in [0.29, 0.717) is 16.6 Å². The van der Waals surface area contributed by atoms with E-state index in [4.69, 9.17) is 16.3 Å². The zero-order chi connectivity index (χ0) is 22.0. The molecular weight excluding hydrogens is 414 g/mol. The number of amides is 1. The van der Waals surface area contributed by atoms with Crippen LogP contribution in [-0.2, 0) is 4.79 Å². The third-order valence-corrected chi connectivity index (χ3v) is 5.20. The molecular formula is C23H18ClN5O2. The third kappa shape index (κ3) is 4.20. The topological polar surface area (TPSA) is 92.8 Å². The molecule has 0 atom stereocenters. The molecule has 0 unspecified atom stereocenters. The first-order valence-electron chi connectivity index (χ1n) is 9.50. The molecule has 0 aliphatic carbocycles. The third-order valence-electron chi connectivity index (χ3n) is 4.77. The van der Waals surface area contributed by atoms with Crippen LogP contribution in [-0.4, -0.2) is 27.3 Å². The molecule has 2 aromatic carbocycles. The van der Waals surface area contributed by atoms with E-state index in [1.165, 1.54) is 10.9 Å². The molecule has 2 aromatic heterocycles. The van der Waals surface area contributed by atoms with Gasteiger partial charge in [-0.15, -0.1) is 0 Å². The molecule has 1 amide bonds. The van der Waals surface area contributed by atoms with Gasteiger partial charge in [0.25, 0.3) is 5.91 Å². The van der Waals surface area contributed by atoms with E-state index in [0.717, 1.165) is 22.0 Å². The summed E-state index contributed by atoms with van der Waals surface area (Å²) in [5.74, 6) is 0.842. The second-order valence-corrected chi connectivity index (χ2v) is 7.40. The maximum absolute atomic E-state index is 12.5. The quantitative estimate of drug-likeness (QED) is 0.499. The van der Waals surface area contributed by atoms with Gasteiger partial charge in [-0.2, -0.15) is 15.0 Å². The summed E-state index contributed by atoms with van der Waals surface area (Å²) >= 11 is 6.01. The Labute approximate surface area is 183 Å². The molecule has 0 saturated heterocycles. The fourth-order valence-corrected chi connectivity index (χ4v) is 3.31.